The number of rotatable bonds is 6. The van der Waals surface area contributed by atoms with Gasteiger partial charge < -0.3 is 26.7 Å². The van der Waals surface area contributed by atoms with Crippen molar-refractivity contribution in [3.05, 3.63) is 58.5 Å². The van der Waals surface area contributed by atoms with Gasteiger partial charge in [0.2, 0.25) is 0 Å². The normalized spacial score (nSPS) is 14.9. The van der Waals surface area contributed by atoms with E-state index in [0.29, 0.717) is 36.0 Å². The first-order valence-electron chi connectivity index (χ1n) is 9.78. The van der Waals surface area contributed by atoms with Gasteiger partial charge in [-0.25, -0.2) is 4.98 Å². The summed E-state index contributed by atoms with van der Waals surface area (Å²) in [5, 5.41) is 11.4. The summed E-state index contributed by atoms with van der Waals surface area (Å²) in [5.74, 6) is 1.80. The molecule has 7 heteroatoms. The van der Waals surface area contributed by atoms with Crippen LogP contribution in [-0.4, -0.2) is 36.1 Å². The molecule has 6 N–H and O–H groups in total. The van der Waals surface area contributed by atoms with Crippen LogP contribution in [0.2, 0.25) is 0 Å². The Morgan fingerprint density at radius 1 is 1.18 bits per heavy atom. The van der Waals surface area contributed by atoms with Gasteiger partial charge in [-0.3, -0.25) is 4.79 Å². The molecular formula is C21H26N6O. The molecule has 2 aromatic heterocycles. The predicted molar refractivity (Wildman–Crippen MR) is 114 cm³/mol. The summed E-state index contributed by atoms with van der Waals surface area (Å²) < 4.78 is 0. The van der Waals surface area contributed by atoms with Crippen molar-refractivity contribution < 1.29 is 0 Å². The van der Waals surface area contributed by atoms with E-state index >= 15 is 0 Å². The lowest BCUT2D eigenvalue weighted by atomic mass is 9.90. The molecule has 7 nitrogen and oxygen atoms in total. The number of fused-ring (bicyclic) bond motifs is 1. The molecule has 28 heavy (non-hydrogen) atoms. The maximum Gasteiger partial charge on any atom is 0.259 e. The molecule has 0 bridgehead atoms. The van der Waals surface area contributed by atoms with Gasteiger partial charge >= 0.3 is 0 Å². The van der Waals surface area contributed by atoms with Crippen molar-refractivity contribution in [2.45, 2.75) is 18.8 Å². The third-order valence-corrected chi connectivity index (χ3v) is 5.16. The Labute approximate surface area is 163 Å². The lowest BCUT2D eigenvalue weighted by Crippen LogP contribution is -2.26. The molecule has 0 radical (unpaired) electrons. The Hall–Kier alpha value is -2.90. The molecule has 1 saturated heterocycles. The molecule has 0 spiro atoms. The molecule has 0 amide bonds. The standard InChI is InChI=1S/C21H26N6O/c22-7-11-24-18-13-16-6-10-25-21(28)19(16)20(27-18)26-17-3-1-2-15(12-17)14-4-8-23-9-5-14/h1-3,6,10,12-14,23H,4-5,7-9,11,22H2,(H,25,28)(H2,24,26,27). The highest BCUT2D eigenvalue weighted by Crippen LogP contribution is 2.29. The van der Waals surface area contributed by atoms with E-state index in [9.17, 15) is 4.79 Å². The number of benzene rings is 1. The largest absolute Gasteiger partial charge is 0.369 e. The topological polar surface area (TPSA) is 108 Å². The van der Waals surface area contributed by atoms with Crippen molar-refractivity contribution in [2.24, 2.45) is 5.73 Å². The third-order valence-electron chi connectivity index (χ3n) is 5.16. The zero-order valence-electron chi connectivity index (χ0n) is 15.8. The summed E-state index contributed by atoms with van der Waals surface area (Å²) in [4.78, 5) is 19.8. The van der Waals surface area contributed by atoms with Gasteiger partial charge in [-0.05, 0) is 67.1 Å². The summed E-state index contributed by atoms with van der Waals surface area (Å²) in [6.45, 7) is 3.24. The number of nitrogens with zero attached hydrogens (tertiary/aromatic N) is 1. The number of hydrogen-bond donors (Lipinski definition) is 5. The minimum absolute atomic E-state index is 0.160. The smallest absolute Gasteiger partial charge is 0.259 e. The summed E-state index contributed by atoms with van der Waals surface area (Å²) in [6.07, 6.45) is 3.94. The zero-order chi connectivity index (χ0) is 19.3. The lowest BCUT2D eigenvalue weighted by molar-refractivity contribution is 0.460. The summed E-state index contributed by atoms with van der Waals surface area (Å²) >= 11 is 0. The van der Waals surface area contributed by atoms with E-state index in [-0.39, 0.29) is 5.56 Å². The van der Waals surface area contributed by atoms with Gasteiger partial charge in [0.1, 0.15) is 11.6 Å². The Morgan fingerprint density at radius 2 is 2.04 bits per heavy atom. The highest BCUT2D eigenvalue weighted by molar-refractivity contribution is 5.94. The van der Waals surface area contributed by atoms with E-state index in [4.69, 9.17) is 5.73 Å². The second-order valence-corrected chi connectivity index (χ2v) is 7.12. The first-order chi connectivity index (χ1) is 13.7. The van der Waals surface area contributed by atoms with E-state index in [1.807, 2.05) is 18.2 Å². The van der Waals surface area contributed by atoms with Crippen LogP contribution in [0.25, 0.3) is 10.8 Å². The first-order valence-corrected chi connectivity index (χ1v) is 9.78. The van der Waals surface area contributed by atoms with Crippen LogP contribution < -0.4 is 27.2 Å². The summed E-state index contributed by atoms with van der Waals surface area (Å²) in [5.41, 5.74) is 7.69. The second kappa shape index (κ2) is 8.41. The quantitative estimate of drug-likeness (QED) is 0.451. The summed E-state index contributed by atoms with van der Waals surface area (Å²) in [7, 11) is 0. The average molecular weight is 378 g/mol. The molecule has 0 saturated carbocycles. The van der Waals surface area contributed by atoms with Crippen LogP contribution >= 0.6 is 0 Å². The highest BCUT2D eigenvalue weighted by Gasteiger charge is 2.16. The van der Waals surface area contributed by atoms with Crippen LogP contribution in [0.5, 0.6) is 0 Å². The molecule has 1 fully saturated rings. The fourth-order valence-electron chi connectivity index (χ4n) is 3.76. The molecule has 0 aliphatic carbocycles. The van der Waals surface area contributed by atoms with E-state index in [1.165, 1.54) is 5.56 Å². The van der Waals surface area contributed by atoms with Crippen molar-refractivity contribution in [2.75, 3.05) is 36.8 Å². The molecule has 1 aliphatic rings. The lowest BCUT2D eigenvalue weighted by Gasteiger charge is -2.23. The maximum absolute atomic E-state index is 12.4. The van der Waals surface area contributed by atoms with Crippen molar-refractivity contribution in [3.63, 3.8) is 0 Å². The van der Waals surface area contributed by atoms with E-state index in [1.54, 1.807) is 6.20 Å². The van der Waals surface area contributed by atoms with Crippen molar-refractivity contribution in [1.82, 2.24) is 15.3 Å². The number of hydrogen-bond acceptors (Lipinski definition) is 6. The third kappa shape index (κ3) is 4.00. The first kappa shape index (κ1) is 18.5. The minimum Gasteiger partial charge on any atom is -0.369 e. The molecule has 0 atom stereocenters. The second-order valence-electron chi connectivity index (χ2n) is 7.12. The van der Waals surface area contributed by atoms with Crippen molar-refractivity contribution in [1.29, 1.82) is 0 Å². The molecule has 3 heterocycles. The van der Waals surface area contributed by atoms with Crippen LogP contribution in [0.1, 0.15) is 24.3 Å². The maximum atomic E-state index is 12.4. The number of anilines is 3. The Bertz CT molecular complexity index is 1010. The van der Waals surface area contributed by atoms with E-state index in [0.717, 1.165) is 37.0 Å². The van der Waals surface area contributed by atoms with Crippen LogP contribution in [0, 0.1) is 0 Å². The van der Waals surface area contributed by atoms with Crippen LogP contribution in [0.15, 0.2) is 47.4 Å². The molecule has 3 aromatic rings. The Balaban J connectivity index is 1.69. The molecule has 0 unspecified atom stereocenters. The number of H-pyrrole nitrogens is 1. The fourth-order valence-corrected chi connectivity index (χ4v) is 3.76. The van der Waals surface area contributed by atoms with Gasteiger partial charge in [0.15, 0.2) is 0 Å². The number of nitrogens with one attached hydrogen (secondary N) is 4. The number of aromatic amines is 1. The van der Waals surface area contributed by atoms with Gasteiger partial charge in [0.05, 0.1) is 5.39 Å². The molecule has 1 aliphatic heterocycles. The van der Waals surface area contributed by atoms with Crippen molar-refractivity contribution in [3.8, 4) is 0 Å². The Kier molecular flexibility index (Phi) is 5.55. The van der Waals surface area contributed by atoms with Gasteiger partial charge in [-0.1, -0.05) is 12.1 Å². The van der Waals surface area contributed by atoms with Gasteiger partial charge in [0, 0.05) is 25.0 Å². The Morgan fingerprint density at radius 3 is 2.86 bits per heavy atom. The summed E-state index contributed by atoms with van der Waals surface area (Å²) in [6, 6.07) is 12.2. The molecule has 4 rings (SSSR count). The number of aromatic nitrogens is 2. The van der Waals surface area contributed by atoms with Gasteiger partial charge in [0.25, 0.3) is 5.56 Å². The number of pyridine rings is 2. The number of nitrogens with two attached hydrogens (primary N) is 1. The zero-order valence-corrected chi connectivity index (χ0v) is 15.8. The fraction of sp³-hybridized carbons (Fsp3) is 0.333. The van der Waals surface area contributed by atoms with E-state index < -0.39 is 0 Å². The molecular weight excluding hydrogens is 352 g/mol. The minimum atomic E-state index is -0.160. The van der Waals surface area contributed by atoms with Crippen LogP contribution in [-0.2, 0) is 0 Å². The highest BCUT2D eigenvalue weighted by atomic mass is 16.1. The van der Waals surface area contributed by atoms with Gasteiger partial charge in [-0.15, -0.1) is 0 Å². The van der Waals surface area contributed by atoms with Crippen molar-refractivity contribution >= 4 is 28.1 Å². The van der Waals surface area contributed by atoms with Gasteiger partial charge in [-0.2, -0.15) is 0 Å². The van der Waals surface area contributed by atoms with Crippen LogP contribution in [0.4, 0.5) is 17.3 Å². The predicted octanol–water partition coefficient (Wildman–Crippen LogP) is 2.50. The average Bonchev–Trinajstić information content (AvgIpc) is 2.73. The monoisotopic (exact) mass is 378 g/mol. The van der Waals surface area contributed by atoms with Crippen LogP contribution in [0.3, 0.4) is 0 Å². The number of piperidine rings is 1. The van der Waals surface area contributed by atoms with E-state index in [2.05, 4.69) is 44.1 Å². The molecule has 146 valence electrons. The SMILES string of the molecule is NCCNc1cc2cc[nH]c(=O)c2c(Nc2cccc(C3CCNCC3)c2)n1. The molecule has 1 aromatic carbocycles.